The van der Waals surface area contributed by atoms with E-state index in [0.717, 1.165) is 50.3 Å². The van der Waals surface area contributed by atoms with Crippen molar-refractivity contribution in [3.8, 4) is 50.5 Å². The van der Waals surface area contributed by atoms with Crippen molar-refractivity contribution in [3.05, 3.63) is 223 Å². The molecule has 3 heteroatoms. The minimum atomic E-state index is -0.172. The molecule has 0 unspecified atom stereocenters. The smallest absolute Gasteiger partial charge is 0.165 e. The molecule has 66 heavy (non-hydrogen) atoms. The normalized spacial score (nSPS) is 13.1. The van der Waals surface area contributed by atoms with Crippen molar-refractivity contribution in [1.82, 2.24) is 14.5 Å². The number of hydrogen-bond acceptors (Lipinski definition) is 2. The fourth-order valence-corrected chi connectivity index (χ4v) is 11.4. The lowest BCUT2D eigenvalue weighted by Crippen LogP contribution is -2.15. The van der Waals surface area contributed by atoms with Crippen molar-refractivity contribution < 1.29 is 0 Å². The third kappa shape index (κ3) is 5.31. The number of hydrogen-bond donors (Lipinski definition) is 0. The fraction of sp³-hybridized carbons (Fsp3) is 0.0476. The Hall–Kier alpha value is -8.40. The Morgan fingerprint density at radius 1 is 0.348 bits per heavy atom. The summed E-state index contributed by atoms with van der Waals surface area (Å²) in [5.74, 6) is 0.814. The van der Waals surface area contributed by atoms with Crippen LogP contribution in [0.2, 0.25) is 0 Å². The van der Waals surface area contributed by atoms with Gasteiger partial charge in [0.05, 0.1) is 22.1 Å². The molecule has 0 N–H and O–H groups in total. The van der Waals surface area contributed by atoms with Gasteiger partial charge in [0.1, 0.15) is 5.69 Å². The second-order valence-electron chi connectivity index (χ2n) is 18.5. The zero-order chi connectivity index (χ0) is 43.7. The van der Waals surface area contributed by atoms with Gasteiger partial charge in [0.15, 0.2) is 5.82 Å². The molecule has 3 nitrogen and oxygen atoms in total. The molecular formula is C63H41N3. The Bertz CT molecular complexity index is 4150. The fourth-order valence-electron chi connectivity index (χ4n) is 11.4. The van der Waals surface area contributed by atoms with E-state index in [1.165, 1.54) is 87.2 Å². The maximum Gasteiger partial charge on any atom is 0.165 e. The van der Waals surface area contributed by atoms with E-state index in [1.807, 2.05) is 0 Å². The first-order chi connectivity index (χ1) is 32.5. The molecule has 2 heterocycles. The molecule has 2 aromatic heterocycles. The van der Waals surface area contributed by atoms with E-state index in [9.17, 15) is 0 Å². The van der Waals surface area contributed by atoms with E-state index in [-0.39, 0.29) is 5.41 Å². The minimum absolute atomic E-state index is 0.172. The molecular weight excluding hydrogens is 799 g/mol. The Kier molecular flexibility index (Phi) is 7.74. The molecule has 1 aliphatic rings. The lowest BCUT2D eigenvalue weighted by atomic mass is 9.82. The van der Waals surface area contributed by atoms with Gasteiger partial charge in [0.2, 0.25) is 0 Å². The maximum absolute atomic E-state index is 5.66. The molecule has 0 aliphatic heterocycles. The van der Waals surface area contributed by atoms with Crippen LogP contribution in [0.25, 0.3) is 126 Å². The van der Waals surface area contributed by atoms with E-state index in [4.69, 9.17) is 9.97 Å². The molecule has 0 radical (unpaired) electrons. The SMILES string of the molecule is CC1(C)c2ccccc2-c2ccc(-c3nc4cc(-c5ccccc5)ccc4nc3-n3c4ccc(-c5cccc6c7ccccc7c7ccccc7c56)cc4c4cc5ccccc5cc43)cc21. The van der Waals surface area contributed by atoms with E-state index < -0.39 is 0 Å². The molecule has 0 amide bonds. The molecule has 14 rings (SSSR count). The van der Waals surface area contributed by atoms with Gasteiger partial charge in [0, 0.05) is 21.8 Å². The Labute approximate surface area is 381 Å². The van der Waals surface area contributed by atoms with Crippen LogP contribution < -0.4 is 0 Å². The van der Waals surface area contributed by atoms with Crippen molar-refractivity contribution in [2.24, 2.45) is 0 Å². The summed E-state index contributed by atoms with van der Waals surface area (Å²) in [7, 11) is 0. The Balaban J connectivity index is 1.06. The third-order valence-electron chi connectivity index (χ3n) is 14.5. The summed E-state index contributed by atoms with van der Waals surface area (Å²) in [5, 5.41) is 12.4. The van der Waals surface area contributed by atoms with Crippen molar-refractivity contribution in [1.29, 1.82) is 0 Å². The largest absolute Gasteiger partial charge is 0.292 e. The summed E-state index contributed by atoms with van der Waals surface area (Å²) in [6.07, 6.45) is 0. The quantitative estimate of drug-likeness (QED) is 0.165. The molecule has 1 aliphatic carbocycles. The average molecular weight is 840 g/mol. The van der Waals surface area contributed by atoms with Crippen LogP contribution >= 0.6 is 0 Å². The summed E-state index contributed by atoms with van der Waals surface area (Å²) < 4.78 is 2.38. The van der Waals surface area contributed by atoms with Gasteiger partial charge in [-0.15, -0.1) is 0 Å². The minimum Gasteiger partial charge on any atom is -0.292 e. The highest BCUT2D eigenvalue weighted by atomic mass is 15.1. The van der Waals surface area contributed by atoms with Gasteiger partial charge in [0.25, 0.3) is 0 Å². The second-order valence-corrected chi connectivity index (χ2v) is 18.5. The summed E-state index contributed by atoms with van der Waals surface area (Å²) >= 11 is 0. The molecule has 11 aromatic carbocycles. The highest BCUT2D eigenvalue weighted by Gasteiger charge is 2.35. The summed E-state index contributed by atoms with van der Waals surface area (Å²) in [4.78, 5) is 11.3. The zero-order valence-electron chi connectivity index (χ0n) is 36.5. The number of nitrogens with zero attached hydrogens (tertiary/aromatic N) is 3. The molecule has 0 spiro atoms. The summed E-state index contributed by atoms with van der Waals surface area (Å²) in [5.41, 5.74) is 15.5. The maximum atomic E-state index is 5.66. The second kappa shape index (κ2) is 13.8. The highest BCUT2D eigenvalue weighted by molar-refractivity contribution is 6.28. The van der Waals surface area contributed by atoms with Crippen LogP contribution in [0.3, 0.4) is 0 Å². The van der Waals surface area contributed by atoms with Gasteiger partial charge in [-0.05, 0) is 130 Å². The van der Waals surface area contributed by atoms with E-state index in [1.54, 1.807) is 0 Å². The molecule has 0 saturated carbocycles. The van der Waals surface area contributed by atoms with Crippen molar-refractivity contribution >= 4 is 75.9 Å². The first-order valence-electron chi connectivity index (χ1n) is 22.9. The van der Waals surface area contributed by atoms with Gasteiger partial charge < -0.3 is 0 Å². The van der Waals surface area contributed by atoms with Crippen LogP contribution in [0.15, 0.2) is 212 Å². The van der Waals surface area contributed by atoms with Gasteiger partial charge in [-0.25, -0.2) is 9.97 Å². The van der Waals surface area contributed by atoms with Crippen molar-refractivity contribution in [2.45, 2.75) is 19.3 Å². The third-order valence-corrected chi connectivity index (χ3v) is 14.5. The van der Waals surface area contributed by atoms with Crippen LogP contribution in [-0.2, 0) is 5.41 Å². The monoisotopic (exact) mass is 839 g/mol. The molecule has 0 atom stereocenters. The lowest BCUT2D eigenvalue weighted by Gasteiger charge is -2.22. The number of fused-ring (bicyclic) bond motifs is 14. The van der Waals surface area contributed by atoms with E-state index in [2.05, 4.69) is 231 Å². The van der Waals surface area contributed by atoms with Gasteiger partial charge in [-0.1, -0.05) is 184 Å². The molecule has 308 valence electrons. The number of aromatic nitrogens is 3. The van der Waals surface area contributed by atoms with E-state index >= 15 is 0 Å². The molecule has 0 bridgehead atoms. The van der Waals surface area contributed by atoms with Crippen LogP contribution in [0.5, 0.6) is 0 Å². The highest BCUT2D eigenvalue weighted by Crippen LogP contribution is 2.50. The lowest BCUT2D eigenvalue weighted by molar-refractivity contribution is 0.660. The van der Waals surface area contributed by atoms with Crippen molar-refractivity contribution in [2.75, 3.05) is 0 Å². The van der Waals surface area contributed by atoms with Crippen LogP contribution in [0.4, 0.5) is 0 Å². The predicted molar refractivity (Wildman–Crippen MR) is 278 cm³/mol. The van der Waals surface area contributed by atoms with Crippen molar-refractivity contribution in [3.63, 3.8) is 0 Å². The summed E-state index contributed by atoms with van der Waals surface area (Å²) in [6, 6.07) is 77.8. The van der Waals surface area contributed by atoms with Gasteiger partial charge in [-0.3, -0.25) is 4.57 Å². The number of benzene rings is 11. The first kappa shape index (κ1) is 37.0. The predicted octanol–water partition coefficient (Wildman–Crippen LogP) is 16.6. The first-order valence-corrected chi connectivity index (χ1v) is 22.9. The Morgan fingerprint density at radius 3 is 1.76 bits per heavy atom. The van der Waals surface area contributed by atoms with Crippen LogP contribution in [-0.4, -0.2) is 14.5 Å². The molecule has 13 aromatic rings. The standard InChI is InChI=1S/C63H41N3/c1-63(2)54-26-13-12-22-48(54)49-30-27-43(35-55(49)63)61-62(65-56-31-28-41(36-57(56)64-61)38-15-4-3-5-16-38)66-58-32-29-42(34-52(58)53-33-39-17-6-7-18-40(39)37-59(53)66)44-24-14-25-51-47-20-9-8-19-45(47)46-21-10-11-23-50(46)60(44)51/h3-37H,1-2H3. The van der Waals surface area contributed by atoms with Gasteiger partial charge in [-0.2, -0.15) is 0 Å². The topological polar surface area (TPSA) is 30.7 Å². The average Bonchev–Trinajstić information content (AvgIpc) is 3.81. The van der Waals surface area contributed by atoms with Crippen LogP contribution in [0, 0.1) is 0 Å². The van der Waals surface area contributed by atoms with E-state index in [0.29, 0.717) is 0 Å². The summed E-state index contributed by atoms with van der Waals surface area (Å²) in [6.45, 7) is 4.69. The van der Waals surface area contributed by atoms with Gasteiger partial charge >= 0.3 is 0 Å². The number of rotatable bonds is 4. The van der Waals surface area contributed by atoms with Crippen LogP contribution in [0.1, 0.15) is 25.0 Å². The molecule has 0 fully saturated rings. The molecule has 0 saturated heterocycles. The zero-order valence-corrected chi connectivity index (χ0v) is 36.5. The Morgan fingerprint density at radius 2 is 0.955 bits per heavy atom.